The van der Waals surface area contributed by atoms with Crippen molar-refractivity contribution in [1.29, 1.82) is 0 Å². The lowest BCUT2D eigenvalue weighted by Gasteiger charge is -2.05. The molecule has 3 heteroatoms. The van der Waals surface area contributed by atoms with Crippen molar-refractivity contribution in [3.8, 4) is 0 Å². The van der Waals surface area contributed by atoms with Crippen molar-refractivity contribution in [2.24, 2.45) is 0 Å². The van der Waals surface area contributed by atoms with Crippen LogP contribution in [0.5, 0.6) is 0 Å². The third-order valence-electron chi connectivity index (χ3n) is 2.32. The molecule has 0 aliphatic rings. The van der Waals surface area contributed by atoms with Crippen LogP contribution in [-0.4, -0.2) is 0 Å². The summed E-state index contributed by atoms with van der Waals surface area (Å²) in [5, 5.41) is 0.729. The van der Waals surface area contributed by atoms with Gasteiger partial charge in [0, 0.05) is 9.50 Å². The average Bonchev–Trinajstić information content (AvgIpc) is 2.27. The molecule has 0 aromatic heterocycles. The van der Waals surface area contributed by atoms with Gasteiger partial charge in [0.25, 0.3) is 0 Å². The minimum Gasteiger partial charge on any atom is -0.207 e. The summed E-state index contributed by atoms with van der Waals surface area (Å²) in [5.41, 5.74) is 2.07. The van der Waals surface area contributed by atoms with Gasteiger partial charge in [-0.15, -0.1) is 0 Å². The van der Waals surface area contributed by atoms with Crippen LogP contribution in [-0.2, 0) is 6.42 Å². The van der Waals surface area contributed by atoms with Gasteiger partial charge in [-0.3, -0.25) is 0 Å². The van der Waals surface area contributed by atoms with Gasteiger partial charge in [-0.1, -0.05) is 39.7 Å². The number of benzene rings is 2. The molecule has 0 amide bonds. The van der Waals surface area contributed by atoms with Gasteiger partial charge >= 0.3 is 0 Å². The van der Waals surface area contributed by atoms with Crippen LogP contribution in [0.15, 0.2) is 46.9 Å². The van der Waals surface area contributed by atoms with Crippen LogP contribution < -0.4 is 0 Å². The Hall–Kier alpha value is -0.860. The second-order valence-corrected chi connectivity index (χ2v) is 4.86. The topological polar surface area (TPSA) is 0 Å². The summed E-state index contributed by atoms with van der Waals surface area (Å²) in [7, 11) is 0. The van der Waals surface area contributed by atoms with Crippen molar-refractivity contribution in [2.75, 3.05) is 0 Å². The predicted octanol–water partition coefficient (Wildman–Crippen LogP) is 4.83. The highest BCUT2D eigenvalue weighted by Gasteiger charge is 2.02. The van der Waals surface area contributed by atoms with E-state index < -0.39 is 0 Å². The number of hydrogen-bond donors (Lipinski definition) is 0. The first kappa shape index (κ1) is 11.6. The maximum absolute atomic E-state index is 12.7. The van der Waals surface area contributed by atoms with Crippen LogP contribution in [0, 0.1) is 5.82 Å². The van der Waals surface area contributed by atoms with E-state index in [9.17, 15) is 4.39 Å². The Bertz CT molecular complexity index is 494. The summed E-state index contributed by atoms with van der Waals surface area (Å²) in [6, 6.07) is 12.2. The SMILES string of the molecule is Fc1ccc(Cc2cc(Br)ccc2Cl)cc1. The molecule has 0 atom stereocenters. The van der Waals surface area contributed by atoms with E-state index >= 15 is 0 Å². The highest BCUT2D eigenvalue weighted by atomic mass is 79.9. The van der Waals surface area contributed by atoms with Crippen LogP contribution in [0.4, 0.5) is 4.39 Å². The van der Waals surface area contributed by atoms with Crippen LogP contribution in [0.3, 0.4) is 0 Å². The lowest BCUT2D eigenvalue weighted by Crippen LogP contribution is -1.89. The Morgan fingerprint density at radius 3 is 2.44 bits per heavy atom. The van der Waals surface area contributed by atoms with Crippen LogP contribution in [0.1, 0.15) is 11.1 Å². The quantitative estimate of drug-likeness (QED) is 0.745. The normalized spacial score (nSPS) is 10.4. The number of halogens is 3. The van der Waals surface area contributed by atoms with Crippen molar-refractivity contribution < 1.29 is 4.39 Å². The van der Waals surface area contributed by atoms with Gasteiger partial charge in [0.05, 0.1) is 0 Å². The lowest BCUT2D eigenvalue weighted by atomic mass is 10.1. The summed E-state index contributed by atoms with van der Waals surface area (Å²) in [6.07, 6.45) is 0.707. The molecule has 0 aliphatic heterocycles. The molecule has 82 valence electrons. The molecule has 0 nitrogen and oxygen atoms in total. The van der Waals surface area contributed by atoms with Gasteiger partial charge in [-0.25, -0.2) is 4.39 Å². The monoisotopic (exact) mass is 298 g/mol. The van der Waals surface area contributed by atoms with Crippen LogP contribution in [0.2, 0.25) is 5.02 Å². The molecule has 0 radical (unpaired) electrons. The average molecular weight is 300 g/mol. The molecule has 0 spiro atoms. The van der Waals surface area contributed by atoms with E-state index in [4.69, 9.17) is 11.6 Å². The summed E-state index contributed by atoms with van der Waals surface area (Å²) in [4.78, 5) is 0. The first-order valence-corrected chi connectivity index (χ1v) is 6.00. The summed E-state index contributed by atoms with van der Waals surface area (Å²) in [6.45, 7) is 0. The van der Waals surface area contributed by atoms with E-state index in [2.05, 4.69) is 15.9 Å². The van der Waals surface area contributed by atoms with Gasteiger partial charge in [-0.2, -0.15) is 0 Å². The smallest absolute Gasteiger partial charge is 0.123 e. The molecule has 0 unspecified atom stereocenters. The fourth-order valence-electron chi connectivity index (χ4n) is 1.50. The zero-order valence-electron chi connectivity index (χ0n) is 8.38. The zero-order valence-corrected chi connectivity index (χ0v) is 10.7. The van der Waals surface area contributed by atoms with Crippen molar-refractivity contribution in [2.45, 2.75) is 6.42 Å². The fraction of sp³-hybridized carbons (Fsp3) is 0.0769. The van der Waals surface area contributed by atoms with E-state index in [0.29, 0.717) is 6.42 Å². The maximum atomic E-state index is 12.7. The minimum atomic E-state index is -0.218. The van der Waals surface area contributed by atoms with Gasteiger partial charge in [0.2, 0.25) is 0 Å². The molecule has 0 aliphatic carbocycles. The Morgan fingerprint density at radius 2 is 1.75 bits per heavy atom. The Kier molecular flexibility index (Phi) is 3.62. The zero-order chi connectivity index (χ0) is 11.5. The standard InChI is InChI=1S/C13H9BrClF/c14-11-3-6-13(15)10(8-11)7-9-1-4-12(16)5-2-9/h1-6,8H,7H2. The van der Waals surface area contributed by atoms with E-state index in [1.807, 2.05) is 18.2 Å². The second kappa shape index (κ2) is 4.98. The van der Waals surface area contributed by atoms with Crippen molar-refractivity contribution in [3.63, 3.8) is 0 Å². The van der Waals surface area contributed by atoms with E-state index in [-0.39, 0.29) is 5.82 Å². The molecule has 2 aromatic rings. The molecule has 0 N–H and O–H groups in total. The van der Waals surface area contributed by atoms with E-state index in [1.54, 1.807) is 12.1 Å². The number of rotatable bonds is 2. The van der Waals surface area contributed by atoms with E-state index in [1.165, 1.54) is 12.1 Å². The molecule has 0 heterocycles. The molecule has 2 rings (SSSR count). The van der Waals surface area contributed by atoms with E-state index in [0.717, 1.165) is 20.6 Å². The summed E-state index contributed by atoms with van der Waals surface area (Å²) >= 11 is 9.49. The van der Waals surface area contributed by atoms with Gasteiger partial charge < -0.3 is 0 Å². The van der Waals surface area contributed by atoms with Crippen LogP contribution in [0.25, 0.3) is 0 Å². The van der Waals surface area contributed by atoms with Gasteiger partial charge in [0.1, 0.15) is 5.82 Å². The van der Waals surface area contributed by atoms with Crippen molar-refractivity contribution >= 4 is 27.5 Å². The first-order valence-electron chi connectivity index (χ1n) is 4.83. The minimum absolute atomic E-state index is 0.218. The molecule has 2 aromatic carbocycles. The Labute approximate surface area is 107 Å². The van der Waals surface area contributed by atoms with Crippen molar-refractivity contribution in [3.05, 3.63) is 68.9 Å². The first-order chi connectivity index (χ1) is 7.65. The third-order valence-corrected chi connectivity index (χ3v) is 3.18. The van der Waals surface area contributed by atoms with Crippen molar-refractivity contribution in [1.82, 2.24) is 0 Å². The molecule has 0 saturated heterocycles. The second-order valence-electron chi connectivity index (χ2n) is 3.54. The Balaban J connectivity index is 2.26. The maximum Gasteiger partial charge on any atom is 0.123 e. The fourth-order valence-corrected chi connectivity index (χ4v) is 2.09. The summed E-state index contributed by atoms with van der Waals surface area (Å²) in [5.74, 6) is -0.218. The molecular formula is C13H9BrClF. The highest BCUT2D eigenvalue weighted by molar-refractivity contribution is 9.10. The van der Waals surface area contributed by atoms with Gasteiger partial charge in [-0.05, 0) is 47.9 Å². The lowest BCUT2D eigenvalue weighted by molar-refractivity contribution is 0.627. The van der Waals surface area contributed by atoms with Crippen LogP contribution >= 0.6 is 27.5 Å². The predicted molar refractivity (Wildman–Crippen MR) is 68.4 cm³/mol. The molecule has 0 bridgehead atoms. The summed E-state index contributed by atoms with van der Waals surface area (Å²) < 4.78 is 13.7. The molecule has 0 fully saturated rings. The largest absolute Gasteiger partial charge is 0.207 e. The number of hydrogen-bond acceptors (Lipinski definition) is 0. The molecule has 0 saturated carbocycles. The third kappa shape index (κ3) is 2.83. The Morgan fingerprint density at radius 1 is 1.06 bits per heavy atom. The molecule has 16 heavy (non-hydrogen) atoms. The molecular weight excluding hydrogens is 290 g/mol. The highest BCUT2D eigenvalue weighted by Crippen LogP contribution is 2.23. The van der Waals surface area contributed by atoms with Gasteiger partial charge in [0.15, 0.2) is 0 Å².